The molecule has 0 saturated carbocycles. The van der Waals surface area contributed by atoms with E-state index < -0.39 is 0 Å². The van der Waals surface area contributed by atoms with Crippen LogP contribution < -0.4 is 9.47 Å². The summed E-state index contributed by atoms with van der Waals surface area (Å²) < 4.78 is 16.8. The minimum atomic E-state index is 0.0456. The van der Waals surface area contributed by atoms with Crippen molar-refractivity contribution < 1.29 is 9.47 Å². The zero-order valence-corrected chi connectivity index (χ0v) is 14.4. The average Bonchev–Trinajstić information content (AvgIpc) is 2.89. The van der Waals surface area contributed by atoms with Crippen LogP contribution in [0.5, 0.6) is 11.5 Å². The SMILES string of the molecule is CCOc1cc2c(cc1OC)SC(C)(C)c1[se]nnc1-2. The molecule has 0 N–H and O–H groups in total. The molecule has 0 aliphatic carbocycles. The molecule has 0 fully saturated rings. The first kappa shape index (κ1) is 14.0. The van der Waals surface area contributed by atoms with Crippen molar-refractivity contribution in [1.82, 2.24) is 9.19 Å². The van der Waals surface area contributed by atoms with Crippen molar-refractivity contribution in [3.05, 3.63) is 16.6 Å². The van der Waals surface area contributed by atoms with Crippen LogP contribution in [0, 0.1) is 0 Å². The summed E-state index contributed by atoms with van der Waals surface area (Å²) in [4.78, 5) is 1.19. The van der Waals surface area contributed by atoms with E-state index in [0.29, 0.717) is 6.61 Å². The summed E-state index contributed by atoms with van der Waals surface area (Å²) in [7, 11) is 1.67. The van der Waals surface area contributed by atoms with Gasteiger partial charge in [-0.3, -0.25) is 0 Å². The van der Waals surface area contributed by atoms with Gasteiger partial charge >= 0.3 is 129 Å². The van der Waals surface area contributed by atoms with Gasteiger partial charge in [-0.2, -0.15) is 0 Å². The van der Waals surface area contributed by atoms with E-state index in [1.807, 2.05) is 24.8 Å². The molecule has 106 valence electrons. The molecule has 3 rings (SSSR count). The molecule has 1 aliphatic heterocycles. The van der Waals surface area contributed by atoms with E-state index in [4.69, 9.17) is 9.47 Å². The van der Waals surface area contributed by atoms with Crippen LogP contribution in [0.25, 0.3) is 11.3 Å². The number of ether oxygens (including phenoxy) is 2. The zero-order valence-electron chi connectivity index (χ0n) is 11.9. The first-order chi connectivity index (χ1) is 9.56. The number of fused-ring (bicyclic) bond motifs is 3. The van der Waals surface area contributed by atoms with E-state index in [1.165, 1.54) is 9.33 Å². The van der Waals surface area contributed by atoms with Gasteiger partial charge in [-0.25, -0.2) is 0 Å². The van der Waals surface area contributed by atoms with Crippen molar-refractivity contribution in [2.75, 3.05) is 13.7 Å². The molecule has 0 spiro atoms. The first-order valence-electron chi connectivity index (χ1n) is 6.44. The fourth-order valence-electron chi connectivity index (χ4n) is 2.32. The van der Waals surface area contributed by atoms with E-state index in [1.54, 1.807) is 7.11 Å². The Labute approximate surface area is 128 Å². The van der Waals surface area contributed by atoms with Gasteiger partial charge in [-0.15, -0.1) is 0 Å². The minimum absolute atomic E-state index is 0.0456. The van der Waals surface area contributed by atoms with Gasteiger partial charge in [-0.1, -0.05) is 0 Å². The number of hydrogen-bond donors (Lipinski definition) is 0. The Morgan fingerprint density at radius 1 is 1.30 bits per heavy atom. The van der Waals surface area contributed by atoms with Crippen LogP contribution in [0.3, 0.4) is 0 Å². The van der Waals surface area contributed by atoms with Crippen molar-refractivity contribution in [2.45, 2.75) is 30.4 Å². The maximum atomic E-state index is 5.67. The Balaban J connectivity index is 2.20. The van der Waals surface area contributed by atoms with Crippen molar-refractivity contribution in [3.63, 3.8) is 0 Å². The average molecular weight is 355 g/mol. The number of benzene rings is 1. The summed E-state index contributed by atoms with van der Waals surface area (Å²) in [6, 6.07) is 4.09. The normalized spacial score (nSPS) is 15.4. The van der Waals surface area contributed by atoms with Crippen LogP contribution >= 0.6 is 11.8 Å². The van der Waals surface area contributed by atoms with Gasteiger partial charge in [0.2, 0.25) is 0 Å². The molecule has 2 aromatic rings. The Kier molecular flexibility index (Phi) is 3.56. The van der Waals surface area contributed by atoms with Crippen molar-refractivity contribution in [2.24, 2.45) is 0 Å². The van der Waals surface area contributed by atoms with E-state index in [9.17, 15) is 0 Å². The fourth-order valence-corrected chi connectivity index (χ4v) is 5.34. The zero-order chi connectivity index (χ0) is 14.3. The number of nitrogens with zero attached hydrogens (tertiary/aromatic N) is 2. The summed E-state index contributed by atoms with van der Waals surface area (Å²) in [5.41, 5.74) is 2.16. The molecule has 0 unspecified atom stereocenters. The number of thioether (sulfide) groups is 1. The molecule has 1 aromatic heterocycles. The Morgan fingerprint density at radius 3 is 2.80 bits per heavy atom. The van der Waals surface area contributed by atoms with E-state index in [-0.39, 0.29) is 19.5 Å². The molecule has 20 heavy (non-hydrogen) atoms. The summed E-state index contributed by atoms with van der Waals surface area (Å²) in [6.45, 7) is 7.05. The standard InChI is InChI=1S/C14H16N2O2SSe/c1-5-18-10-6-8-11(7-9(10)17-4)19-14(2,3)13-12(8)15-16-20-13/h6-7H,5H2,1-4H3. The second-order valence-electron chi connectivity index (χ2n) is 5.00. The van der Waals surface area contributed by atoms with Crippen LogP contribution in [0.2, 0.25) is 0 Å². The van der Waals surface area contributed by atoms with Crippen LogP contribution in [-0.2, 0) is 4.75 Å². The molecule has 0 amide bonds. The van der Waals surface area contributed by atoms with Crippen molar-refractivity contribution in [3.8, 4) is 22.8 Å². The number of methoxy groups -OCH3 is 1. The van der Waals surface area contributed by atoms with Gasteiger partial charge in [0.05, 0.1) is 0 Å². The molecule has 0 atom stereocenters. The van der Waals surface area contributed by atoms with E-state index >= 15 is 0 Å². The van der Waals surface area contributed by atoms with E-state index in [0.717, 1.165) is 22.8 Å². The number of aromatic nitrogens is 2. The predicted octanol–water partition coefficient (Wildman–Crippen LogP) is 2.95. The first-order valence-corrected chi connectivity index (χ1v) is 8.87. The molecule has 6 heteroatoms. The second-order valence-corrected chi connectivity index (χ2v) is 8.24. The van der Waals surface area contributed by atoms with Gasteiger partial charge < -0.3 is 0 Å². The number of hydrogen-bond acceptors (Lipinski definition) is 5. The molecule has 0 saturated heterocycles. The molecule has 1 aromatic carbocycles. The summed E-state index contributed by atoms with van der Waals surface area (Å²) in [5.74, 6) is 1.55. The summed E-state index contributed by atoms with van der Waals surface area (Å²) in [6.07, 6.45) is 0. The maximum absolute atomic E-state index is 5.67. The quantitative estimate of drug-likeness (QED) is 0.792. The monoisotopic (exact) mass is 356 g/mol. The van der Waals surface area contributed by atoms with Crippen LogP contribution in [0.15, 0.2) is 17.0 Å². The van der Waals surface area contributed by atoms with Gasteiger partial charge in [0.15, 0.2) is 0 Å². The Bertz CT molecular complexity index is 655. The number of rotatable bonds is 3. The Morgan fingerprint density at radius 2 is 2.10 bits per heavy atom. The fraction of sp³-hybridized carbons (Fsp3) is 0.429. The summed E-state index contributed by atoms with van der Waals surface area (Å²) >= 11 is 1.97. The van der Waals surface area contributed by atoms with Crippen molar-refractivity contribution >= 4 is 26.5 Å². The molecule has 0 bridgehead atoms. The van der Waals surface area contributed by atoms with Crippen molar-refractivity contribution in [1.29, 1.82) is 0 Å². The van der Waals surface area contributed by atoms with Gasteiger partial charge in [0.1, 0.15) is 0 Å². The molecule has 1 aliphatic rings. The van der Waals surface area contributed by atoms with Gasteiger partial charge in [0.25, 0.3) is 0 Å². The van der Waals surface area contributed by atoms with Crippen LogP contribution in [-0.4, -0.2) is 37.6 Å². The molecule has 2 heterocycles. The van der Waals surface area contributed by atoms with Gasteiger partial charge in [0, 0.05) is 0 Å². The second kappa shape index (κ2) is 5.10. The molecular formula is C14H16N2O2SSe. The summed E-state index contributed by atoms with van der Waals surface area (Å²) in [5, 5.41) is 4.37. The third-order valence-electron chi connectivity index (χ3n) is 3.22. The molecular weight excluding hydrogens is 339 g/mol. The predicted molar refractivity (Wildman–Crippen MR) is 81.0 cm³/mol. The third kappa shape index (κ3) is 2.16. The van der Waals surface area contributed by atoms with E-state index in [2.05, 4.69) is 29.1 Å². The Hall–Kier alpha value is -0.971. The van der Waals surface area contributed by atoms with Crippen LogP contribution in [0.4, 0.5) is 0 Å². The topological polar surface area (TPSA) is 44.2 Å². The third-order valence-corrected chi connectivity index (χ3v) is 6.99. The molecule has 4 nitrogen and oxygen atoms in total. The van der Waals surface area contributed by atoms with Crippen LogP contribution in [0.1, 0.15) is 25.2 Å². The van der Waals surface area contributed by atoms with Gasteiger partial charge in [-0.05, 0) is 0 Å². The molecule has 0 radical (unpaired) electrons.